The molecule has 0 saturated heterocycles. The molecule has 1 aromatic rings. The Bertz CT molecular complexity index is 616. The molecule has 2 aliphatic carbocycles. The highest BCUT2D eigenvalue weighted by atomic mass is 16.3. The number of aliphatic hydroxyl groups excluding tert-OH is 2. The maximum absolute atomic E-state index is 10.9. The maximum Gasteiger partial charge on any atom is 0.0638 e. The summed E-state index contributed by atoms with van der Waals surface area (Å²) in [5.74, 6) is 0.0802. The summed E-state index contributed by atoms with van der Waals surface area (Å²) in [6.45, 7) is 12.7. The Hall–Kier alpha value is -1.12. The zero-order valence-electron chi connectivity index (χ0n) is 14.2. The van der Waals surface area contributed by atoms with Crippen LogP contribution in [0.5, 0.6) is 0 Å². The first-order chi connectivity index (χ1) is 10.2. The second kappa shape index (κ2) is 4.94. The van der Waals surface area contributed by atoms with Gasteiger partial charge >= 0.3 is 0 Å². The molecule has 2 aliphatic rings. The van der Waals surface area contributed by atoms with Crippen LogP contribution in [0.15, 0.2) is 18.7 Å². The van der Waals surface area contributed by atoms with Gasteiger partial charge in [-0.05, 0) is 53.9 Å². The number of aliphatic hydroxyl groups is 2. The third kappa shape index (κ3) is 1.93. The fourth-order valence-electron chi connectivity index (χ4n) is 5.37. The van der Waals surface area contributed by atoms with E-state index in [2.05, 4.69) is 46.4 Å². The zero-order valence-corrected chi connectivity index (χ0v) is 14.2. The first-order valence-electron chi connectivity index (χ1n) is 8.35. The lowest BCUT2D eigenvalue weighted by Crippen LogP contribution is -2.60. The summed E-state index contributed by atoms with van der Waals surface area (Å²) in [5.41, 5.74) is 4.35. The Morgan fingerprint density at radius 3 is 2.55 bits per heavy atom. The van der Waals surface area contributed by atoms with Crippen molar-refractivity contribution in [1.29, 1.82) is 0 Å². The van der Waals surface area contributed by atoms with E-state index in [1.165, 1.54) is 16.7 Å². The predicted molar refractivity (Wildman–Crippen MR) is 90.8 cm³/mol. The first-order valence-corrected chi connectivity index (χ1v) is 8.35. The molecular formula is C20H28O2. The number of benzene rings is 1. The molecule has 0 aromatic heterocycles. The van der Waals surface area contributed by atoms with Gasteiger partial charge in [0.25, 0.3) is 0 Å². The lowest BCUT2D eigenvalue weighted by molar-refractivity contribution is -0.110. The molecule has 1 aromatic carbocycles. The smallest absolute Gasteiger partial charge is 0.0638 e. The maximum atomic E-state index is 10.9. The molecule has 0 bridgehead atoms. The molecule has 0 heterocycles. The highest BCUT2D eigenvalue weighted by Crippen LogP contribution is 2.57. The molecule has 0 radical (unpaired) electrons. The van der Waals surface area contributed by atoms with E-state index in [4.69, 9.17) is 0 Å². The van der Waals surface area contributed by atoms with Gasteiger partial charge in [0.05, 0.1) is 12.2 Å². The van der Waals surface area contributed by atoms with Gasteiger partial charge in [-0.3, -0.25) is 0 Å². The molecule has 1 saturated carbocycles. The van der Waals surface area contributed by atoms with E-state index in [9.17, 15) is 10.2 Å². The van der Waals surface area contributed by atoms with Crippen LogP contribution in [0, 0.1) is 18.3 Å². The molecular weight excluding hydrogens is 272 g/mol. The van der Waals surface area contributed by atoms with Crippen LogP contribution in [0.4, 0.5) is 0 Å². The lowest BCUT2D eigenvalue weighted by Gasteiger charge is -2.58. The van der Waals surface area contributed by atoms with Gasteiger partial charge in [-0.1, -0.05) is 45.6 Å². The van der Waals surface area contributed by atoms with E-state index < -0.39 is 12.2 Å². The van der Waals surface area contributed by atoms with Crippen molar-refractivity contribution >= 4 is 6.08 Å². The van der Waals surface area contributed by atoms with Crippen LogP contribution in [0.2, 0.25) is 0 Å². The Morgan fingerprint density at radius 1 is 1.23 bits per heavy atom. The van der Waals surface area contributed by atoms with Crippen molar-refractivity contribution < 1.29 is 10.2 Å². The normalized spacial score (nSPS) is 36.4. The van der Waals surface area contributed by atoms with Crippen molar-refractivity contribution in [3.05, 3.63) is 41.0 Å². The molecule has 4 atom stereocenters. The average Bonchev–Trinajstić information content (AvgIpc) is 2.43. The number of rotatable bonds is 1. The molecule has 0 unspecified atom stereocenters. The average molecular weight is 300 g/mol. The summed E-state index contributed by atoms with van der Waals surface area (Å²) >= 11 is 0. The van der Waals surface area contributed by atoms with Crippen LogP contribution in [0.1, 0.15) is 55.9 Å². The van der Waals surface area contributed by atoms with Crippen LogP contribution in [0.3, 0.4) is 0 Å². The minimum absolute atomic E-state index is 0.0321. The number of aryl methyl sites for hydroxylation is 1. The lowest BCUT2D eigenvalue weighted by atomic mass is 9.48. The molecule has 2 heteroatoms. The monoisotopic (exact) mass is 300 g/mol. The summed E-state index contributed by atoms with van der Waals surface area (Å²) in [6, 6.07) is 4.30. The van der Waals surface area contributed by atoms with E-state index in [1.54, 1.807) is 0 Å². The standard InChI is InChI=1S/C20H28O2/c1-6-13-12(2)7-8-15-14(13)11-16(21)18-19(3,4)10-9-17(22)20(15,18)5/h6-8,16-18,21-22H,1,9-11H2,2-5H3/t16-,17+,18-,20-/m0/s1. The Balaban J connectivity index is 2.28. The third-order valence-corrected chi connectivity index (χ3v) is 6.40. The molecule has 2 nitrogen and oxygen atoms in total. The van der Waals surface area contributed by atoms with E-state index >= 15 is 0 Å². The molecule has 3 rings (SSSR count). The Labute approximate surface area is 133 Å². The fraction of sp³-hybridized carbons (Fsp3) is 0.600. The molecule has 0 aliphatic heterocycles. The predicted octanol–water partition coefficient (Wildman–Crippen LogP) is 3.61. The van der Waals surface area contributed by atoms with Gasteiger partial charge in [0.15, 0.2) is 0 Å². The van der Waals surface area contributed by atoms with Gasteiger partial charge < -0.3 is 10.2 Å². The van der Waals surface area contributed by atoms with Crippen molar-refractivity contribution in [3.63, 3.8) is 0 Å². The van der Waals surface area contributed by atoms with Crippen molar-refractivity contribution in [1.82, 2.24) is 0 Å². The van der Waals surface area contributed by atoms with Crippen LogP contribution in [-0.2, 0) is 11.8 Å². The van der Waals surface area contributed by atoms with Crippen molar-refractivity contribution in [3.8, 4) is 0 Å². The second-order valence-electron chi connectivity index (χ2n) is 8.10. The van der Waals surface area contributed by atoms with Gasteiger partial charge in [0.1, 0.15) is 0 Å². The minimum Gasteiger partial charge on any atom is -0.392 e. The van der Waals surface area contributed by atoms with Gasteiger partial charge in [-0.15, -0.1) is 0 Å². The number of fused-ring (bicyclic) bond motifs is 3. The van der Waals surface area contributed by atoms with Crippen molar-refractivity contribution in [2.24, 2.45) is 11.3 Å². The van der Waals surface area contributed by atoms with Crippen LogP contribution in [-0.4, -0.2) is 22.4 Å². The van der Waals surface area contributed by atoms with E-state index in [0.717, 1.165) is 18.4 Å². The van der Waals surface area contributed by atoms with E-state index in [0.29, 0.717) is 6.42 Å². The quantitative estimate of drug-likeness (QED) is 0.832. The Kier molecular flexibility index (Phi) is 3.54. The minimum atomic E-state index is -0.414. The van der Waals surface area contributed by atoms with Gasteiger partial charge in [0, 0.05) is 11.3 Å². The molecule has 1 fully saturated rings. The summed E-state index contributed by atoms with van der Waals surface area (Å²) in [4.78, 5) is 0. The van der Waals surface area contributed by atoms with E-state index in [1.807, 2.05) is 6.08 Å². The van der Waals surface area contributed by atoms with Crippen LogP contribution in [0.25, 0.3) is 6.08 Å². The largest absolute Gasteiger partial charge is 0.392 e. The summed E-state index contributed by atoms with van der Waals surface area (Å²) in [7, 11) is 0. The Morgan fingerprint density at radius 2 is 1.91 bits per heavy atom. The van der Waals surface area contributed by atoms with E-state index in [-0.39, 0.29) is 16.7 Å². The van der Waals surface area contributed by atoms with Gasteiger partial charge in [-0.2, -0.15) is 0 Å². The highest BCUT2D eigenvalue weighted by molar-refractivity contribution is 5.61. The van der Waals surface area contributed by atoms with Crippen LogP contribution < -0.4 is 0 Å². The van der Waals surface area contributed by atoms with Gasteiger partial charge in [-0.25, -0.2) is 0 Å². The first kappa shape index (κ1) is 15.8. The summed E-state index contributed by atoms with van der Waals surface area (Å²) in [5, 5.41) is 21.8. The highest BCUT2D eigenvalue weighted by Gasteiger charge is 2.57. The number of hydrogen-bond donors (Lipinski definition) is 2. The third-order valence-electron chi connectivity index (χ3n) is 6.40. The summed E-state index contributed by atoms with van der Waals surface area (Å²) in [6.07, 6.45) is 3.49. The second-order valence-corrected chi connectivity index (χ2v) is 8.10. The molecule has 22 heavy (non-hydrogen) atoms. The number of hydrogen-bond acceptors (Lipinski definition) is 2. The molecule has 0 amide bonds. The summed E-state index contributed by atoms with van der Waals surface area (Å²) < 4.78 is 0. The fourth-order valence-corrected chi connectivity index (χ4v) is 5.37. The topological polar surface area (TPSA) is 40.5 Å². The molecule has 120 valence electrons. The van der Waals surface area contributed by atoms with Crippen molar-refractivity contribution in [2.45, 2.75) is 64.6 Å². The zero-order chi connectivity index (χ0) is 16.3. The SMILES string of the molecule is C=Cc1c(C)ccc2c1C[C@H](O)[C@H]1C(C)(C)CC[C@@H](O)[C@]21C. The van der Waals surface area contributed by atoms with Crippen molar-refractivity contribution in [2.75, 3.05) is 0 Å². The van der Waals surface area contributed by atoms with Gasteiger partial charge in [0.2, 0.25) is 0 Å². The van der Waals surface area contributed by atoms with Crippen LogP contribution >= 0.6 is 0 Å². The molecule has 2 N–H and O–H groups in total. The molecule has 0 spiro atoms.